The molecule has 3 aliphatic heterocycles. The molecule has 5 rings (SSSR count). The van der Waals surface area contributed by atoms with Gasteiger partial charge in [0.1, 0.15) is 0 Å². The molecule has 0 radical (unpaired) electrons. The summed E-state index contributed by atoms with van der Waals surface area (Å²) in [7, 11) is 0. The summed E-state index contributed by atoms with van der Waals surface area (Å²) in [6, 6.07) is 13.6. The number of benzene rings is 1. The molecule has 0 N–H and O–H groups in total. The van der Waals surface area contributed by atoms with E-state index in [9.17, 15) is 0 Å². The lowest BCUT2D eigenvalue weighted by atomic mass is 9.92. The molecular weight excluding hydrogens is 298 g/mol. The van der Waals surface area contributed by atoms with Crippen LogP contribution in [-0.2, 0) is 30.8 Å². The van der Waals surface area contributed by atoms with Crippen LogP contribution in [0.25, 0.3) is 0 Å². The fourth-order valence-electron chi connectivity index (χ4n) is 4.17. The number of hydrogen-bond acceptors (Lipinski definition) is 4. The first-order valence-corrected chi connectivity index (χ1v) is 8.94. The Labute approximate surface area is 143 Å². The quantitative estimate of drug-likeness (QED) is 0.863. The summed E-state index contributed by atoms with van der Waals surface area (Å²) in [5.41, 5.74) is 5.64. The molecule has 1 aromatic heterocycles. The van der Waals surface area contributed by atoms with Gasteiger partial charge in [0.15, 0.2) is 0 Å². The number of pyridine rings is 1. The second-order valence-corrected chi connectivity index (χ2v) is 7.21. The Bertz CT molecular complexity index is 733. The fraction of sp³-hybridized carbons (Fsp3) is 0.450. The van der Waals surface area contributed by atoms with Gasteiger partial charge >= 0.3 is 0 Å². The summed E-state index contributed by atoms with van der Waals surface area (Å²) in [6.07, 6.45) is 3.62. The Morgan fingerprint density at radius 3 is 2.79 bits per heavy atom. The largest absolute Gasteiger partial charge is 0.373 e. The molecule has 4 heteroatoms. The second-order valence-electron chi connectivity index (χ2n) is 7.21. The SMILES string of the molecule is c1ccc(CN2CCc3c(ccnc3CN3CC4OCC43)C2)cc1. The Hall–Kier alpha value is -1.75. The van der Waals surface area contributed by atoms with Crippen molar-refractivity contribution in [3.8, 4) is 0 Å². The van der Waals surface area contributed by atoms with Gasteiger partial charge < -0.3 is 4.74 Å². The van der Waals surface area contributed by atoms with Crippen LogP contribution in [0.4, 0.5) is 0 Å². The van der Waals surface area contributed by atoms with Crippen LogP contribution in [0, 0.1) is 0 Å². The first kappa shape index (κ1) is 14.6. The molecule has 3 aliphatic rings. The summed E-state index contributed by atoms with van der Waals surface area (Å²) in [5, 5.41) is 0. The predicted octanol–water partition coefficient (Wildman–Crippen LogP) is 2.22. The normalized spacial score (nSPS) is 26.2. The van der Waals surface area contributed by atoms with Gasteiger partial charge in [0, 0.05) is 38.9 Å². The molecule has 4 nitrogen and oxygen atoms in total. The Morgan fingerprint density at radius 1 is 1.12 bits per heavy atom. The van der Waals surface area contributed by atoms with Crippen LogP contribution in [-0.4, -0.2) is 46.6 Å². The second kappa shape index (κ2) is 5.96. The van der Waals surface area contributed by atoms with Gasteiger partial charge in [-0.1, -0.05) is 30.3 Å². The molecule has 0 amide bonds. The molecule has 124 valence electrons. The lowest BCUT2D eigenvalue weighted by Gasteiger charge is -2.54. The first-order chi connectivity index (χ1) is 11.9. The number of hydrogen-bond donors (Lipinski definition) is 0. The van der Waals surface area contributed by atoms with E-state index in [4.69, 9.17) is 9.72 Å². The van der Waals surface area contributed by atoms with Crippen molar-refractivity contribution in [3.63, 3.8) is 0 Å². The minimum absolute atomic E-state index is 0.505. The minimum Gasteiger partial charge on any atom is -0.373 e. The van der Waals surface area contributed by atoms with Gasteiger partial charge in [-0.2, -0.15) is 0 Å². The number of morpholine rings is 1. The van der Waals surface area contributed by atoms with Crippen LogP contribution >= 0.6 is 0 Å². The van der Waals surface area contributed by atoms with Gasteiger partial charge in [0.05, 0.1) is 24.4 Å². The highest BCUT2D eigenvalue weighted by atomic mass is 16.5. The highest BCUT2D eigenvalue weighted by Crippen LogP contribution is 2.32. The van der Waals surface area contributed by atoms with Crippen LogP contribution in [0.1, 0.15) is 22.4 Å². The lowest BCUT2D eigenvalue weighted by molar-refractivity contribution is -0.217. The molecule has 1 aromatic carbocycles. The van der Waals surface area contributed by atoms with Crippen molar-refractivity contribution < 1.29 is 4.74 Å². The van der Waals surface area contributed by atoms with Crippen LogP contribution in [0.15, 0.2) is 42.6 Å². The fourth-order valence-corrected chi connectivity index (χ4v) is 4.17. The zero-order valence-electron chi connectivity index (χ0n) is 13.9. The Kier molecular flexibility index (Phi) is 3.62. The molecule has 0 saturated carbocycles. The molecule has 24 heavy (non-hydrogen) atoms. The molecule has 2 fully saturated rings. The zero-order valence-corrected chi connectivity index (χ0v) is 13.9. The summed E-state index contributed by atoms with van der Waals surface area (Å²) in [6.45, 7) is 6.17. The minimum atomic E-state index is 0.505. The van der Waals surface area contributed by atoms with Gasteiger partial charge in [-0.15, -0.1) is 0 Å². The topological polar surface area (TPSA) is 28.6 Å². The molecule has 2 aromatic rings. The van der Waals surface area contributed by atoms with Gasteiger partial charge in [-0.05, 0) is 29.2 Å². The summed E-state index contributed by atoms with van der Waals surface area (Å²) >= 11 is 0. The Balaban J connectivity index is 1.29. The average Bonchev–Trinajstić information content (AvgIpc) is 2.60. The highest BCUT2D eigenvalue weighted by Gasteiger charge is 2.47. The summed E-state index contributed by atoms with van der Waals surface area (Å²) < 4.78 is 5.51. The number of aromatic nitrogens is 1. The van der Waals surface area contributed by atoms with Crippen LogP contribution in [0.5, 0.6) is 0 Å². The van der Waals surface area contributed by atoms with Crippen LogP contribution in [0.3, 0.4) is 0 Å². The average molecular weight is 321 g/mol. The maximum atomic E-state index is 5.51. The van der Waals surface area contributed by atoms with Gasteiger partial charge in [-0.3, -0.25) is 14.8 Å². The molecule has 0 bridgehead atoms. The van der Waals surface area contributed by atoms with E-state index in [0.29, 0.717) is 12.1 Å². The van der Waals surface area contributed by atoms with Gasteiger partial charge in [0.25, 0.3) is 0 Å². The van der Waals surface area contributed by atoms with Gasteiger partial charge in [-0.25, -0.2) is 0 Å². The van der Waals surface area contributed by atoms with E-state index in [1.54, 1.807) is 0 Å². The first-order valence-electron chi connectivity index (χ1n) is 8.94. The lowest BCUT2D eigenvalue weighted by Crippen LogP contribution is -2.69. The van der Waals surface area contributed by atoms with Crippen molar-refractivity contribution in [1.29, 1.82) is 0 Å². The van der Waals surface area contributed by atoms with E-state index in [0.717, 1.165) is 45.8 Å². The molecule has 0 spiro atoms. The number of rotatable bonds is 4. The van der Waals surface area contributed by atoms with E-state index in [2.05, 4.69) is 46.2 Å². The molecule has 2 unspecified atom stereocenters. The van der Waals surface area contributed by atoms with E-state index in [1.165, 1.54) is 22.4 Å². The van der Waals surface area contributed by atoms with Crippen molar-refractivity contribution in [1.82, 2.24) is 14.8 Å². The highest BCUT2D eigenvalue weighted by molar-refractivity contribution is 5.33. The summed E-state index contributed by atoms with van der Waals surface area (Å²) in [5.74, 6) is 0. The van der Waals surface area contributed by atoms with Crippen molar-refractivity contribution in [3.05, 3.63) is 65.0 Å². The number of nitrogens with zero attached hydrogens (tertiary/aromatic N) is 3. The number of fused-ring (bicyclic) bond motifs is 2. The van der Waals surface area contributed by atoms with E-state index >= 15 is 0 Å². The van der Waals surface area contributed by atoms with Crippen molar-refractivity contribution in [2.75, 3.05) is 19.7 Å². The third kappa shape index (κ3) is 2.55. The third-order valence-electron chi connectivity index (χ3n) is 5.71. The maximum Gasteiger partial charge on any atom is 0.0880 e. The van der Waals surface area contributed by atoms with Gasteiger partial charge in [0.2, 0.25) is 0 Å². The smallest absolute Gasteiger partial charge is 0.0880 e. The van der Waals surface area contributed by atoms with Crippen molar-refractivity contribution in [2.24, 2.45) is 0 Å². The third-order valence-corrected chi connectivity index (χ3v) is 5.71. The predicted molar refractivity (Wildman–Crippen MR) is 92.4 cm³/mol. The van der Waals surface area contributed by atoms with E-state index in [1.807, 2.05) is 6.20 Å². The molecule has 2 saturated heterocycles. The zero-order chi connectivity index (χ0) is 15.9. The van der Waals surface area contributed by atoms with Crippen LogP contribution in [0.2, 0.25) is 0 Å². The summed E-state index contributed by atoms with van der Waals surface area (Å²) in [4.78, 5) is 9.77. The molecular formula is C20H23N3O. The van der Waals surface area contributed by atoms with E-state index in [-0.39, 0.29) is 0 Å². The monoisotopic (exact) mass is 321 g/mol. The standard InChI is InChI=1S/C20H23N3O/c1-2-4-15(5-3-1)10-22-9-7-17-16(11-22)6-8-21-18(17)12-23-13-20-19(23)14-24-20/h1-6,8,19-20H,7,9-14H2. The maximum absolute atomic E-state index is 5.51. The van der Waals surface area contributed by atoms with Crippen molar-refractivity contribution in [2.45, 2.75) is 38.2 Å². The molecule has 0 aliphatic carbocycles. The number of ether oxygens (including phenoxy) is 1. The molecule has 4 heterocycles. The van der Waals surface area contributed by atoms with Crippen molar-refractivity contribution >= 4 is 0 Å². The molecule has 2 atom stereocenters. The number of likely N-dealkylation sites (tertiary alicyclic amines) is 1. The van der Waals surface area contributed by atoms with E-state index < -0.39 is 0 Å². The Morgan fingerprint density at radius 2 is 2.04 bits per heavy atom. The van der Waals surface area contributed by atoms with Crippen LogP contribution < -0.4 is 0 Å².